The summed E-state index contributed by atoms with van der Waals surface area (Å²) in [7, 11) is 1.68. The molecule has 1 N–H and O–H groups in total. The van der Waals surface area contributed by atoms with Crippen molar-refractivity contribution in [2.24, 2.45) is 18.9 Å². The van der Waals surface area contributed by atoms with Gasteiger partial charge in [0.25, 0.3) is 5.91 Å². The third-order valence-electron chi connectivity index (χ3n) is 9.12. The maximum atomic E-state index is 13.9. The predicted molar refractivity (Wildman–Crippen MR) is 140 cm³/mol. The molecule has 1 aliphatic carbocycles. The number of nitrogens with zero attached hydrogens (tertiary/aromatic N) is 3. The summed E-state index contributed by atoms with van der Waals surface area (Å²) in [6, 6.07) is 3.05. The maximum absolute atomic E-state index is 13.9. The third-order valence-corrected chi connectivity index (χ3v) is 9.12. The molecule has 1 aromatic carbocycles. The van der Waals surface area contributed by atoms with Crippen LogP contribution < -0.4 is 5.32 Å². The molecule has 9 heteroatoms. The molecule has 1 saturated carbocycles. The second-order valence-corrected chi connectivity index (χ2v) is 11.4. The molecule has 0 spiro atoms. The number of hydrogen-bond donors (Lipinski definition) is 1. The van der Waals surface area contributed by atoms with Crippen molar-refractivity contribution >= 4 is 28.6 Å². The quantitative estimate of drug-likeness (QED) is 0.605. The molecule has 4 fully saturated rings. The molecule has 3 amide bonds. The van der Waals surface area contributed by atoms with E-state index in [1.54, 1.807) is 17.7 Å². The van der Waals surface area contributed by atoms with E-state index in [1.165, 1.54) is 0 Å². The van der Waals surface area contributed by atoms with Crippen molar-refractivity contribution in [1.82, 2.24) is 19.7 Å². The average Bonchev–Trinajstić information content (AvgIpc) is 3.25. The van der Waals surface area contributed by atoms with E-state index in [4.69, 9.17) is 0 Å². The maximum Gasteiger partial charge on any atom is 0.270 e. The monoisotopic (exact) mass is 528 g/mol. The van der Waals surface area contributed by atoms with Crippen molar-refractivity contribution in [3.05, 3.63) is 35.5 Å². The van der Waals surface area contributed by atoms with Gasteiger partial charge in [-0.2, -0.15) is 0 Å². The number of rotatable bonds is 6. The standard InChI is InChI=1S/C29H38F2N4O3/c1-4-17(2)27(36)32-26(18-8-6-5-7-9-18)29(38)35-16-20-10-11-21(35)15-34(20)28(37)25-13-19-12-22(30)23(31)14-24(19)33(25)3/h12-14,17-18,20-21,26H,4-11,15-16H2,1-3H3,(H,32,36)/t17-,20-,21-,26+/m1/s1. The van der Waals surface area contributed by atoms with Crippen molar-refractivity contribution in [3.63, 3.8) is 0 Å². The van der Waals surface area contributed by atoms with Gasteiger partial charge in [0, 0.05) is 49.6 Å². The number of piperidine rings is 2. The number of aromatic nitrogens is 1. The molecule has 2 aromatic rings. The summed E-state index contributed by atoms with van der Waals surface area (Å²) < 4.78 is 29.2. The number of hydrogen-bond acceptors (Lipinski definition) is 3. The van der Waals surface area contributed by atoms with Gasteiger partial charge < -0.3 is 19.7 Å². The van der Waals surface area contributed by atoms with Gasteiger partial charge in [-0.3, -0.25) is 14.4 Å². The molecule has 1 aromatic heterocycles. The third kappa shape index (κ3) is 4.80. The molecule has 38 heavy (non-hydrogen) atoms. The minimum Gasteiger partial charge on any atom is -0.344 e. The van der Waals surface area contributed by atoms with Crippen LogP contribution in [0.15, 0.2) is 18.2 Å². The lowest BCUT2D eigenvalue weighted by molar-refractivity contribution is -0.147. The number of carbonyl (C=O) groups is 3. The molecule has 7 nitrogen and oxygen atoms in total. The van der Waals surface area contributed by atoms with Crippen LogP contribution in [0.2, 0.25) is 0 Å². The highest BCUT2D eigenvalue weighted by Crippen LogP contribution is 2.34. The number of halogens is 2. The summed E-state index contributed by atoms with van der Waals surface area (Å²) in [6.07, 6.45) is 7.49. The highest BCUT2D eigenvalue weighted by molar-refractivity contribution is 5.99. The first-order chi connectivity index (χ1) is 18.2. The van der Waals surface area contributed by atoms with Crippen LogP contribution in [0.5, 0.6) is 0 Å². The number of nitrogens with one attached hydrogen (secondary N) is 1. The SMILES string of the molecule is CC[C@@H](C)C(=O)N[C@H](C(=O)N1C[C@H]2CC[C@@H]1CN2C(=O)c1cc2cc(F)c(F)cc2n1C)C1CCCCC1. The molecule has 0 unspecified atom stereocenters. The first-order valence-electron chi connectivity index (χ1n) is 14.1. The molecule has 0 radical (unpaired) electrons. The fourth-order valence-electron chi connectivity index (χ4n) is 6.54. The molecule has 3 saturated heterocycles. The zero-order chi connectivity index (χ0) is 27.1. The summed E-state index contributed by atoms with van der Waals surface area (Å²) in [5, 5.41) is 3.58. The van der Waals surface area contributed by atoms with E-state index >= 15 is 0 Å². The van der Waals surface area contributed by atoms with E-state index in [1.807, 2.05) is 23.6 Å². The van der Waals surface area contributed by atoms with Gasteiger partial charge in [0.15, 0.2) is 11.6 Å². The Morgan fingerprint density at radius 3 is 2.21 bits per heavy atom. The predicted octanol–water partition coefficient (Wildman–Crippen LogP) is 4.38. The number of piperazine rings is 1. The van der Waals surface area contributed by atoms with Crippen molar-refractivity contribution in [2.75, 3.05) is 13.1 Å². The lowest BCUT2D eigenvalue weighted by Crippen LogP contribution is -2.68. The second-order valence-electron chi connectivity index (χ2n) is 11.4. The smallest absolute Gasteiger partial charge is 0.270 e. The number of carbonyl (C=O) groups excluding carboxylic acids is 3. The number of amides is 3. The Kier molecular flexibility index (Phi) is 7.47. The molecular formula is C29H38F2N4O3. The molecular weight excluding hydrogens is 490 g/mol. The molecule has 4 heterocycles. The van der Waals surface area contributed by atoms with E-state index in [0.29, 0.717) is 29.7 Å². The largest absolute Gasteiger partial charge is 0.344 e. The number of benzene rings is 1. The average molecular weight is 529 g/mol. The van der Waals surface area contributed by atoms with Crippen molar-refractivity contribution in [1.29, 1.82) is 0 Å². The van der Waals surface area contributed by atoms with E-state index in [2.05, 4.69) is 5.32 Å². The van der Waals surface area contributed by atoms with E-state index in [9.17, 15) is 23.2 Å². The van der Waals surface area contributed by atoms with Crippen molar-refractivity contribution in [2.45, 2.75) is 83.3 Å². The zero-order valence-electron chi connectivity index (χ0n) is 22.5. The van der Waals surface area contributed by atoms with Gasteiger partial charge >= 0.3 is 0 Å². The number of aryl methyl sites for hydroxylation is 1. The summed E-state index contributed by atoms with van der Waals surface area (Å²) in [5.41, 5.74) is 0.829. The van der Waals surface area contributed by atoms with Crippen LogP contribution in [-0.2, 0) is 16.6 Å². The molecule has 3 aliphatic heterocycles. The lowest BCUT2D eigenvalue weighted by Gasteiger charge is -2.52. The Balaban J connectivity index is 1.34. The Labute approximate surface area is 222 Å². The van der Waals surface area contributed by atoms with Crippen LogP contribution >= 0.6 is 0 Å². The van der Waals surface area contributed by atoms with Gasteiger partial charge in [-0.25, -0.2) is 8.78 Å². The minimum absolute atomic E-state index is 0.0223. The van der Waals surface area contributed by atoms with E-state index < -0.39 is 17.7 Å². The van der Waals surface area contributed by atoms with Gasteiger partial charge in [0.1, 0.15) is 11.7 Å². The zero-order valence-corrected chi connectivity index (χ0v) is 22.5. The summed E-state index contributed by atoms with van der Waals surface area (Å²) in [5.74, 6) is -2.19. The van der Waals surface area contributed by atoms with E-state index in [-0.39, 0.29) is 41.6 Å². The van der Waals surface area contributed by atoms with Gasteiger partial charge in [0.05, 0.1) is 5.52 Å². The van der Waals surface area contributed by atoms with Crippen LogP contribution in [0.25, 0.3) is 10.9 Å². The van der Waals surface area contributed by atoms with Crippen LogP contribution in [0.3, 0.4) is 0 Å². The lowest BCUT2D eigenvalue weighted by atomic mass is 9.82. The van der Waals surface area contributed by atoms with Crippen LogP contribution in [0, 0.1) is 23.5 Å². The Bertz CT molecular complexity index is 1240. The Morgan fingerprint density at radius 1 is 0.947 bits per heavy atom. The summed E-state index contributed by atoms with van der Waals surface area (Å²) in [6.45, 7) is 4.71. The fourth-order valence-corrected chi connectivity index (χ4v) is 6.54. The minimum atomic E-state index is -0.947. The van der Waals surface area contributed by atoms with Crippen molar-refractivity contribution < 1.29 is 23.2 Å². The van der Waals surface area contributed by atoms with Crippen LogP contribution in [0.1, 0.15) is 75.7 Å². The molecule has 2 bridgehead atoms. The van der Waals surface area contributed by atoms with Crippen molar-refractivity contribution in [3.8, 4) is 0 Å². The van der Waals surface area contributed by atoms with Gasteiger partial charge in [0.2, 0.25) is 11.8 Å². The molecule has 4 aliphatic rings. The topological polar surface area (TPSA) is 74.7 Å². The molecule has 206 valence electrons. The normalized spacial score (nSPS) is 23.5. The van der Waals surface area contributed by atoms with E-state index in [0.717, 1.165) is 63.5 Å². The van der Waals surface area contributed by atoms with Gasteiger partial charge in [-0.15, -0.1) is 0 Å². The van der Waals surface area contributed by atoms with Crippen LogP contribution in [-0.4, -0.2) is 63.3 Å². The fraction of sp³-hybridized carbons (Fsp3) is 0.621. The summed E-state index contributed by atoms with van der Waals surface area (Å²) in [4.78, 5) is 44.1. The molecule has 4 atom stereocenters. The van der Waals surface area contributed by atoms with Crippen LogP contribution in [0.4, 0.5) is 8.78 Å². The first-order valence-corrected chi connectivity index (χ1v) is 14.1. The Morgan fingerprint density at radius 2 is 1.58 bits per heavy atom. The second kappa shape index (κ2) is 10.7. The van der Waals surface area contributed by atoms with Gasteiger partial charge in [-0.1, -0.05) is 33.1 Å². The van der Waals surface area contributed by atoms with Gasteiger partial charge in [-0.05, 0) is 50.2 Å². The first kappa shape index (κ1) is 26.6. The molecule has 6 rings (SSSR count). The highest BCUT2D eigenvalue weighted by Gasteiger charge is 2.46. The number of fused-ring (bicyclic) bond motifs is 4. The Hall–Kier alpha value is -2.97. The summed E-state index contributed by atoms with van der Waals surface area (Å²) >= 11 is 0. The highest BCUT2D eigenvalue weighted by atomic mass is 19.2.